The molecule has 1 heterocycles. The second-order valence-electron chi connectivity index (χ2n) is 3.91. The molecule has 0 radical (unpaired) electrons. The maximum absolute atomic E-state index is 13.8. The largest absolute Gasteiger partial charge is 0.486 e. The van der Waals surface area contributed by atoms with Gasteiger partial charge in [-0.2, -0.15) is 0 Å². The van der Waals surface area contributed by atoms with Gasteiger partial charge in [-0.1, -0.05) is 6.07 Å². The number of nitrogens with one attached hydrogen (secondary N) is 1. The number of rotatable bonds is 5. The Morgan fingerprint density at radius 2 is 2.33 bits per heavy atom. The van der Waals surface area contributed by atoms with E-state index >= 15 is 0 Å². The molecule has 1 aromatic heterocycles. The second-order valence-corrected chi connectivity index (χ2v) is 4.89. The fraction of sp³-hybridized carbons (Fsp3) is 0.308. The first-order chi connectivity index (χ1) is 8.70. The highest BCUT2D eigenvalue weighted by molar-refractivity contribution is 7.09. The Morgan fingerprint density at radius 1 is 1.50 bits per heavy atom. The third-order valence-corrected chi connectivity index (χ3v) is 3.47. The maximum atomic E-state index is 13.8. The zero-order chi connectivity index (χ0) is 13.0. The normalized spacial score (nSPS) is 12.4. The minimum absolute atomic E-state index is 0.0157. The molecule has 2 aromatic rings. The van der Waals surface area contributed by atoms with Gasteiger partial charge >= 0.3 is 0 Å². The molecule has 0 aliphatic heterocycles. The van der Waals surface area contributed by atoms with Crippen molar-refractivity contribution in [2.75, 3.05) is 7.05 Å². The molecule has 0 spiro atoms. The fourth-order valence-corrected chi connectivity index (χ4v) is 2.10. The summed E-state index contributed by atoms with van der Waals surface area (Å²) < 4.78 is 19.3. The van der Waals surface area contributed by atoms with Crippen LogP contribution in [0, 0.1) is 5.82 Å². The highest BCUT2D eigenvalue weighted by Gasteiger charge is 2.10. The standard InChI is InChI=1S/C13H15FN2OS/c1-9(15-2)11-4-3-10(7-12(11)14)17-8-13-16-5-6-18-13/h3-7,9,15H,8H2,1-2H3. The van der Waals surface area contributed by atoms with Crippen molar-refractivity contribution in [3.05, 3.63) is 46.2 Å². The summed E-state index contributed by atoms with van der Waals surface area (Å²) >= 11 is 1.52. The SMILES string of the molecule is CNC(C)c1ccc(OCc2nccs2)cc1F. The predicted octanol–water partition coefficient (Wildman–Crippen LogP) is 3.14. The van der Waals surface area contributed by atoms with Crippen LogP contribution < -0.4 is 10.1 Å². The lowest BCUT2D eigenvalue weighted by Crippen LogP contribution is -2.13. The third kappa shape index (κ3) is 3.05. The van der Waals surface area contributed by atoms with Gasteiger partial charge in [0.05, 0.1) is 0 Å². The Kier molecular flexibility index (Phi) is 4.28. The number of benzene rings is 1. The Bertz CT molecular complexity index is 502. The van der Waals surface area contributed by atoms with Gasteiger partial charge < -0.3 is 10.1 Å². The number of ether oxygens (including phenoxy) is 1. The van der Waals surface area contributed by atoms with E-state index in [1.165, 1.54) is 17.4 Å². The lowest BCUT2D eigenvalue weighted by Gasteiger charge is -2.12. The quantitative estimate of drug-likeness (QED) is 0.902. The van der Waals surface area contributed by atoms with E-state index in [-0.39, 0.29) is 11.9 Å². The molecule has 5 heteroatoms. The van der Waals surface area contributed by atoms with E-state index in [0.29, 0.717) is 17.9 Å². The first-order valence-corrected chi connectivity index (χ1v) is 6.56. The molecule has 0 aliphatic carbocycles. The summed E-state index contributed by atoms with van der Waals surface area (Å²) in [5.41, 5.74) is 0.638. The molecule has 0 aliphatic rings. The summed E-state index contributed by atoms with van der Waals surface area (Å²) in [5.74, 6) is 0.267. The van der Waals surface area contributed by atoms with E-state index in [9.17, 15) is 4.39 Å². The van der Waals surface area contributed by atoms with Crippen LogP contribution in [0.5, 0.6) is 5.75 Å². The van der Waals surface area contributed by atoms with Gasteiger partial charge in [-0.25, -0.2) is 9.37 Å². The van der Waals surface area contributed by atoms with Gasteiger partial charge in [-0.05, 0) is 20.0 Å². The van der Waals surface area contributed by atoms with E-state index < -0.39 is 0 Å². The van der Waals surface area contributed by atoms with Crippen LogP contribution in [0.3, 0.4) is 0 Å². The van der Waals surface area contributed by atoms with E-state index in [0.717, 1.165) is 5.01 Å². The van der Waals surface area contributed by atoms with Crippen LogP contribution in [-0.4, -0.2) is 12.0 Å². The third-order valence-electron chi connectivity index (χ3n) is 2.72. The number of halogens is 1. The molecule has 0 fully saturated rings. The van der Waals surface area contributed by atoms with Crippen molar-refractivity contribution in [2.45, 2.75) is 19.6 Å². The van der Waals surface area contributed by atoms with Crippen molar-refractivity contribution in [1.29, 1.82) is 0 Å². The smallest absolute Gasteiger partial charge is 0.140 e. The lowest BCUT2D eigenvalue weighted by atomic mass is 10.1. The van der Waals surface area contributed by atoms with E-state index in [2.05, 4.69) is 10.3 Å². The minimum Gasteiger partial charge on any atom is -0.486 e. The van der Waals surface area contributed by atoms with Crippen molar-refractivity contribution in [3.8, 4) is 5.75 Å². The summed E-state index contributed by atoms with van der Waals surface area (Å²) in [4.78, 5) is 4.10. The summed E-state index contributed by atoms with van der Waals surface area (Å²) in [6, 6.07) is 4.92. The number of aromatic nitrogens is 1. The Morgan fingerprint density at radius 3 is 2.94 bits per heavy atom. The van der Waals surface area contributed by atoms with Gasteiger partial charge in [0, 0.05) is 29.2 Å². The Hall–Kier alpha value is -1.46. The maximum Gasteiger partial charge on any atom is 0.140 e. The first-order valence-electron chi connectivity index (χ1n) is 5.68. The molecule has 0 saturated carbocycles. The summed E-state index contributed by atoms with van der Waals surface area (Å²) in [6.45, 7) is 2.28. The van der Waals surface area contributed by atoms with Gasteiger partial charge in [-0.3, -0.25) is 0 Å². The number of hydrogen-bond acceptors (Lipinski definition) is 4. The molecular formula is C13H15FN2OS. The number of nitrogens with zero attached hydrogens (tertiary/aromatic N) is 1. The zero-order valence-electron chi connectivity index (χ0n) is 10.3. The Labute approximate surface area is 110 Å². The summed E-state index contributed by atoms with van der Waals surface area (Å²) in [5, 5.41) is 5.77. The van der Waals surface area contributed by atoms with Crippen LogP contribution in [0.4, 0.5) is 4.39 Å². The molecule has 1 N–H and O–H groups in total. The number of thiazole rings is 1. The van der Waals surface area contributed by atoms with Gasteiger partial charge in [0.1, 0.15) is 23.2 Å². The molecule has 3 nitrogen and oxygen atoms in total. The fourth-order valence-electron chi connectivity index (χ4n) is 1.57. The van der Waals surface area contributed by atoms with Crippen LogP contribution in [0.15, 0.2) is 29.8 Å². The van der Waals surface area contributed by atoms with Crippen LogP contribution >= 0.6 is 11.3 Å². The summed E-state index contributed by atoms with van der Waals surface area (Å²) in [7, 11) is 1.80. The monoisotopic (exact) mass is 266 g/mol. The molecular weight excluding hydrogens is 251 g/mol. The average Bonchev–Trinajstić information content (AvgIpc) is 2.88. The second kappa shape index (κ2) is 5.93. The van der Waals surface area contributed by atoms with Crippen molar-refractivity contribution >= 4 is 11.3 Å². The van der Waals surface area contributed by atoms with Crippen LogP contribution in [0.25, 0.3) is 0 Å². The van der Waals surface area contributed by atoms with Crippen molar-refractivity contribution in [3.63, 3.8) is 0 Å². The molecule has 96 valence electrons. The molecule has 18 heavy (non-hydrogen) atoms. The summed E-state index contributed by atoms with van der Waals surface area (Å²) in [6.07, 6.45) is 1.72. The van der Waals surface area contributed by atoms with Crippen molar-refractivity contribution in [1.82, 2.24) is 10.3 Å². The van der Waals surface area contributed by atoms with Gasteiger partial charge in [-0.15, -0.1) is 11.3 Å². The molecule has 1 atom stereocenters. The highest BCUT2D eigenvalue weighted by Crippen LogP contribution is 2.22. The molecule has 0 amide bonds. The molecule has 0 saturated heterocycles. The lowest BCUT2D eigenvalue weighted by molar-refractivity contribution is 0.303. The van der Waals surface area contributed by atoms with E-state index in [4.69, 9.17) is 4.74 Å². The predicted molar refractivity (Wildman–Crippen MR) is 70.3 cm³/mol. The van der Waals surface area contributed by atoms with Crippen LogP contribution in [0.2, 0.25) is 0 Å². The molecule has 0 bridgehead atoms. The Balaban J connectivity index is 2.04. The number of hydrogen-bond donors (Lipinski definition) is 1. The van der Waals surface area contributed by atoms with Crippen molar-refractivity contribution in [2.24, 2.45) is 0 Å². The van der Waals surface area contributed by atoms with Gasteiger partial charge in [0.15, 0.2) is 0 Å². The molecule has 1 aromatic carbocycles. The molecule has 2 rings (SSSR count). The van der Waals surface area contributed by atoms with E-state index in [1.807, 2.05) is 12.3 Å². The first kappa shape index (κ1) is 13.0. The zero-order valence-corrected chi connectivity index (χ0v) is 11.1. The highest BCUT2D eigenvalue weighted by atomic mass is 32.1. The van der Waals surface area contributed by atoms with Crippen LogP contribution in [-0.2, 0) is 6.61 Å². The van der Waals surface area contributed by atoms with Crippen LogP contribution in [0.1, 0.15) is 23.5 Å². The molecule has 1 unspecified atom stereocenters. The van der Waals surface area contributed by atoms with Crippen molar-refractivity contribution < 1.29 is 9.13 Å². The van der Waals surface area contributed by atoms with Gasteiger partial charge in [0.25, 0.3) is 0 Å². The average molecular weight is 266 g/mol. The van der Waals surface area contributed by atoms with E-state index in [1.54, 1.807) is 25.4 Å². The topological polar surface area (TPSA) is 34.1 Å². The minimum atomic E-state index is -0.256. The van der Waals surface area contributed by atoms with Gasteiger partial charge in [0.2, 0.25) is 0 Å².